The van der Waals surface area contributed by atoms with Crippen molar-refractivity contribution in [3.63, 3.8) is 0 Å². The fourth-order valence-corrected chi connectivity index (χ4v) is 2.98. The summed E-state index contributed by atoms with van der Waals surface area (Å²) in [7, 11) is 1.83. The number of rotatable bonds is 7. The highest BCUT2D eigenvalue weighted by molar-refractivity contribution is 4.86. The van der Waals surface area contributed by atoms with E-state index in [0.29, 0.717) is 12.1 Å². The van der Waals surface area contributed by atoms with Crippen LogP contribution < -0.4 is 5.32 Å². The second-order valence-corrected chi connectivity index (χ2v) is 6.40. The molecule has 1 saturated heterocycles. The van der Waals surface area contributed by atoms with Gasteiger partial charge in [0.1, 0.15) is 0 Å². The van der Waals surface area contributed by atoms with Crippen molar-refractivity contribution in [3.05, 3.63) is 0 Å². The first-order chi connectivity index (χ1) is 8.49. The molecule has 0 aromatic rings. The van der Waals surface area contributed by atoms with Crippen LogP contribution in [0.1, 0.15) is 53.4 Å². The Labute approximate surface area is 113 Å². The van der Waals surface area contributed by atoms with E-state index in [1.807, 2.05) is 7.11 Å². The van der Waals surface area contributed by atoms with Crippen molar-refractivity contribution in [2.24, 2.45) is 5.41 Å². The summed E-state index contributed by atoms with van der Waals surface area (Å²) in [5, 5.41) is 3.58. The number of likely N-dealkylation sites (N-methyl/N-ethyl adjacent to an activating group) is 1. The third-order valence-corrected chi connectivity index (χ3v) is 3.76. The fraction of sp³-hybridized carbons (Fsp3) is 1.00. The molecule has 1 N–H and O–H groups in total. The van der Waals surface area contributed by atoms with Crippen molar-refractivity contribution in [1.82, 2.24) is 5.32 Å². The van der Waals surface area contributed by atoms with Crippen LogP contribution in [0.2, 0.25) is 0 Å². The topological polar surface area (TPSA) is 30.5 Å². The second kappa shape index (κ2) is 7.46. The zero-order valence-electron chi connectivity index (χ0n) is 12.8. The normalized spacial score (nSPS) is 24.2. The lowest BCUT2D eigenvalue weighted by molar-refractivity contribution is -0.0167. The van der Waals surface area contributed by atoms with Gasteiger partial charge in [0.05, 0.1) is 12.2 Å². The molecule has 3 heteroatoms. The summed E-state index contributed by atoms with van der Waals surface area (Å²) in [6.45, 7) is 10.8. The Morgan fingerprint density at radius 2 is 2.11 bits per heavy atom. The Kier molecular flexibility index (Phi) is 6.61. The Morgan fingerprint density at radius 3 is 2.56 bits per heavy atom. The van der Waals surface area contributed by atoms with Gasteiger partial charge in [-0.25, -0.2) is 0 Å². The molecule has 1 aliphatic rings. The van der Waals surface area contributed by atoms with E-state index in [9.17, 15) is 0 Å². The molecular formula is C15H31NO2. The molecule has 0 aromatic carbocycles. The SMILES string of the molecule is CCNC(CCC1CCCO1)C(OC)C(C)(C)C. The van der Waals surface area contributed by atoms with Crippen LogP contribution in [0.15, 0.2) is 0 Å². The molecule has 1 heterocycles. The molecule has 3 atom stereocenters. The van der Waals surface area contributed by atoms with Gasteiger partial charge in [-0.3, -0.25) is 0 Å². The third-order valence-electron chi connectivity index (χ3n) is 3.76. The zero-order valence-corrected chi connectivity index (χ0v) is 12.8. The van der Waals surface area contributed by atoms with Gasteiger partial charge >= 0.3 is 0 Å². The molecule has 0 aliphatic carbocycles. The molecule has 0 amide bonds. The van der Waals surface area contributed by atoms with E-state index in [1.165, 1.54) is 12.8 Å². The van der Waals surface area contributed by atoms with Crippen LogP contribution in [0.25, 0.3) is 0 Å². The standard InChI is InChI=1S/C15H31NO2/c1-6-16-13(14(17-5)15(2,3)4)10-9-12-8-7-11-18-12/h12-14,16H,6-11H2,1-5H3. The van der Waals surface area contributed by atoms with Gasteiger partial charge < -0.3 is 14.8 Å². The molecule has 0 aromatic heterocycles. The maximum atomic E-state index is 5.74. The van der Waals surface area contributed by atoms with Gasteiger partial charge in [0.25, 0.3) is 0 Å². The van der Waals surface area contributed by atoms with Crippen LogP contribution in [-0.2, 0) is 9.47 Å². The first-order valence-electron chi connectivity index (χ1n) is 7.36. The average molecular weight is 257 g/mol. The van der Waals surface area contributed by atoms with E-state index in [1.54, 1.807) is 0 Å². The average Bonchev–Trinajstić information content (AvgIpc) is 2.77. The van der Waals surface area contributed by atoms with Gasteiger partial charge in [-0.15, -0.1) is 0 Å². The van der Waals surface area contributed by atoms with Crippen LogP contribution in [-0.4, -0.2) is 38.5 Å². The third kappa shape index (κ3) is 4.87. The van der Waals surface area contributed by atoms with E-state index in [4.69, 9.17) is 9.47 Å². The lowest BCUT2D eigenvalue weighted by atomic mass is 9.82. The summed E-state index contributed by atoms with van der Waals surface area (Å²) >= 11 is 0. The number of methoxy groups -OCH3 is 1. The van der Waals surface area contributed by atoms with E-state index in [-0.39, 0.29) is 11.5 Å². The largest absolute Gasteiger partial charge is 0.379 e. The minimum atomic E-state index is 0.165. The van der Waals surface area contributed by atoms with E-state index >= 15 is 0 Å². The molecule has 1 fully saturated rings. The monoisotopic (exact) mass is 257 g/mol. The van der Waals surface area contributed by atoms with Crippen LogP contribution in [0.3, 0.4) is 0 Å². The van der Waals surface area contributed by atoms with Crippen LogP contribution >= 0.6 is 0 Å². The minimum Gasteiger partial charge on any atom is -0.379 e. The summed E-state index contributed by atoms with van der Waals surface area (Å²) in [4.78, 5) is 0. The quantitative estimate of drug-likeness (QED) is 0.760. The predicted octanol–water partition coefficient (Wildman–Crippen LogP) is 2.98. The van der Waals surface area contributed by atoms with Gasteiger partial charge in [0.2, 0.25) is 0 Å². The van der Waals surface area contributed by atoms with Gasteiger partial charge in [-0.2, -0.15) is 0 Å². The lowest BCUT2D eigenvalue weighted by Gasteiger charge is -2.36. The fourth-order valence-electron chi connectivity index (χ4n) is 2.98. The Bertz CT molecular complexity index is 219. The highest BCUT2D eigenvalue weighted by Gasteiger charge is 2.32. The lowest BCUT2D eigenvalue weighted by Crippen LogP contribution is -2.48. The summed E-state index contributed by atoms with van der Waals surface area (Å²) in [6.07, 6.45) is 5.46. The predicted molar refractivity (Wildman–Crippen MR) is 75.9 cm³/mol. The van der Waals surface area contributed by atoms with E-state index in [2.05, 4.69) is 33.0 Å². The molecule has 0 spiro atoms. The van der Waals surface area contributed by atoms with Crippen LogP contribution in [0, 0.1) is 5.41 Å². The maximum absolute atomic E-state index is 5.74. The van der Waals surface area contributed by atoms with E-state index < -0.39 is 0 Å². The molecule has 108 valence electrons. The molecule has 3 unspecified atom stereocenters. The van der Waals surface area contributed by atoms with Crippen LogP contribution in [0.5, 0.6) is 0 Å². The summed E-state index contributed by atoms with van der Waals surface area (Å²) < 4.78 is 11.5. The van der Waals surface area contributed by atoms with Gasteiger partial charge in [-0.05, 0) is 37.6 Å². The number of ether oxygens (including phenoxy) is 2. The molecule has 0 radical (unpaired) electrons. The highest BCUT2D eigenvalue weighted by atomic mass is 16.5. The van der Waals surface area contributed by atoms with Crippen LogP contribution in [0.4, 0.5) is 0 Å². The van der Waals surface area contributed by atoms with Crippen molar-refractivity contribution >= 4 is 0 Å². The summed E-state index contributed by atoms with van der Waals surface area (Å²) in [6, 6.07) is 0.421. The first kappa shape index (κ1) is 15.9. The molecule has 18 heavy (non-hydrogen) atoms. The summed E-state index contributed by atoms with van der Waals surface area (Å²) in [5.74, 6) is 0. The van der Waals surface area contributed by atoms with E-state index in [0.717, 1.165) is 26.0 Å². The number of nitrogens with one attached hydrogen (secondary N) is 1. The van der Waals surface area contributed by atoms with Gasteiger partial charge in [0.15, 0.2) is 0 Å². The van der Waals surface area contributed by atoms with Crippen molar-refractivity contribution in [1.29, 1.82) is 0 Å². The molecule has 3 nitrogen and oxygen atoms in total. The molecule has 1 rings (SSSR count). The van der Waals surface area contributed by atoms with Crippen molar-refractivity contribution in [2.75, 3.05) is 20.3 Å². The van der Waals surface area contributed by atoms with Gasteiger partial charge in [0, 0.05) is 19.8 Å². The zero-order chi connectivity index (χ0) is 13.6. The second-order valence-electron chi connectivity index (χ2n) is 6.40. The Hall–Kier alpha value is -0.120. The number of hydrogen-bond donors (Lipinski definition) is 1. The maximum Gasteiger partial charge on any atom is 0.0772 e. The molecule has 1 aliphatic heterocycles. The number of hydrogen-bond acceptors (Lipinski definition) is 3. The van der Waals surface area contributed by atoms with Crippen molar-refractivity contribution in [2.45, 2.75) is 71.6 Å². The Morgan fingerprint density at radius 1 is 1.39 bits per heavy atom. The van der Waals surface area contributed by atoms with Crippen molar-refractivity contribution < 1.29 is 9.47 Å². The summed E-state index contributed by atoms with van der Waals surface area (Å²) in [5.41, 5.74) is 0.165. The van der Waals surface area contributed by atoms with Crippen molar-refractivity contribution in [3.8, 4) is 0 Å². The minimum absolute atomic E-state index is 0.165. The first-order valence-corrected chi connectivity index (χ1v) is 7.36. The highest BCUT2D eigenvalue weighted by Crippen LogP contribution is 2.28. The molecule has 0 saturated carbocycles. The smallest absolute Gasteiger partial charge is 0.0772 e. The molecule has 0 bridgehead atoms. The molecular weight excluding hydrogens is 226 g/mol. The Balaban J connectivity index is 2.50. The van der Waals surface area contributed by atoms with Gasteiger partial charge in [-0.1, -0.05) is 27.7 Å².